The molecule has 0 aliphatic rings. The first kappa shape index (κ1) is 13.1. The van der Waals surface area contributed by atoms with Crippen LogP contribution in [0, 0.1) is 20.8 Å². The van der Waals surface area contributed by atoms with E-state index in [4.69, 9.17) is 10.5 Å². The number of nitrogens with zero attached hydrogens (tertiary/aromatic N) is 1. The molecule has 18 heavy (non-hydrogen) atoms. The highest BCUT2D eigenvalue weighted by Gasteiger charge is 2.08. The lowest BCUT2D eigenvalue weighted by Gasteiger charge is -2.11. The topological polar surface area (TPSA) is 48.1 Å². The fraction of sp³-hybridized carbons (Fsp3) is 0.357. The highest BCUT2D eigenvalue weighted by Crippen LogP contribution is 2.25. The summed E-state index contributed by atoms with van der Waals surface area (Å²) in [4.78, 5) is 5.72. The predicted molar refractivity (Wildman–Crippen MR) is 75.0 cm³/mol. The first-order valence-electron chi connectivity index (χ1n) is 5.96. The van der Waals surface area contributed by atoms with Crippen molar-refractivity contribution in [1.82, 2.24) is 4.98 Å². The number of ether oxygens (including phenoxy) is 1. The molecule has 0 saturated heterocycles. The van der Waals surface area contributed by atoms with Crippen molar-refractivity contribution in [3.05, 3.63) is 44.9 Å². The maximum Gasteiger partial charge on any atom is 0.140 e. The molecule has 3 nitrogen and oxygen atoms in total. The molecule has 0 aliphatic heterocycles. The number of rotatable bonds is 4. The molecule has 96 valence electrons. The van der Waals surface area contributed by atoms with Gasteiger partial charge in [0.05, 0.1) is 5.69 Å². The summed E-state index contributed by atoms with van der Waals surface area (Å²) < 4.78 is 5.88. The second kappa shape index (κ2) is 5.50. The normalized spacial score (nSPS) is 10.7. The fourth-order valence-electron chi connectivity index (χ4n) is 1.82. The monoisotopic (exact) mass is 262 g/mol. The molecule has 0 saturated carbocycles. The van der Waals surface area contributed by atoms with Crippen molar-refractivity contribution in [3.63, 3.8) is 0 Å². The summed E-state index contributed by atoms with van der Waals surface area (Å²) in [6, 6.07) is 6.04. The Bertz CT molecular complexity index is 529. The van der Waals surface area contributed by atoms with Crippen molar-refractivity contribution in [3.8, 4) is 5.75 Å². The van der Waals surface area contributed by atoms with Crippen molar-refractivity contribution < 1.29 is 4.74 Å². The van der Waals surface area contributed by atoms with Crippen molar-refractivity contribution >= 4 is 11.3 Å². The van der Waals surface area contributed by atoms with E-state index in [1.807, 2.05) is 32.0 Å². The number of para-hydroxylation sites is 1. The summed E-state index contributed by atoms with van der Waals surface area (Å²) in [5.41, 5.74) is 8.96. The molecule has 0 amide bonds. The van der Waals surface area contributed by atoms with Gasteiger partial charge < -0.3 is 10.5 Å². The van der Waals surface area contributed by atoms with Crippen molar-refractivity contribution in [1.29, 1.82) is 0 Å². The second-order valence-corrected chi connectivity index (χ2v) is 5.59. The van der Waals surface area contributed by atoms with E-state index in [1.165, 1.54) is 4.88 Å². The summed E-state index contributed by atoms with van der Waals surface area (Å²) in [6.45, 7) is 7.14. The largest absolute Gasteiger partial charge is 0.486 e. The molecule has 0 aliphatic carbocycles. The van der Waals surface area contributed by atoms with Crippen LogP contribution < -0.4 is 10.5 Å². The van der Waals surface area contributed by atoms with Gasteiger partial charge in [-0.3, -0.25) is 0 Å². The second-order valence-electron chi connectivity index (χ2n) is 4.31. The number of nitrogens with two attached hydrogens (primary N) is 1. The van der Waals surface area contributed by atoms with Crippen LogP contribution in [0.1, 0.15) is 26.7 Å². The molecule has 0 fully saturated rings. The molecular weight excluding hydrogens is 244 g/mol. The molecular formula is C14H18N2OS. The number of aryl methyl sites for hydroxylation is 3. The smallest absolute Gasteiger partial charge is 0.140 e. The standard InChI is InChI=1S/C14H18N2OS/c1-9-5-4-6-12(7-15)14(9)17-8-13-16-10(2)11(3)18-13/h4-6H,7-8,15H2,1-3H3. The zero-order valence-electron chi connectivity index (χ0n) is 11.0. The summed E-state index contributed by atoms with van der Waals surface area (Å²) in [5.74, 6) is 0.894. The third-order valence-electron chi connectivity index (χ3n) is 2.93. The number of hydrogen-bond donors (Lipinski definition) is 1. The van der Waals surface area contributed by atoms with Gasteiger partial charge >= 0.3 is 0 Å². The lowest BCUT2D eigenvalue weighted by molar-refractivity contribution is 0.300. The van der Waals surface area contributed by atoms with Crippen LogP contribution in [0.25, 0.3) is 0 Å². The van der Waals surface area contributed by atoms with Gasteiger partial charge in [-0.25, -0.2) is 4.98 Å². The van der Waals surface area contributed by atoms with E-state index in [9.17, 15) is 0 Å². The minimum atomic E-state index is 0.493. The Labute approximate surface area is 112 Å². The Morgan fingerprint density at radius 3 is 2.67 bits per heavy atom. The number of aromatic nitrogens is 1. The predicted octanol–water partition coefficient (Wildman–Crippen LogP) is 3.11. The van der Waals surface area contributed by atoms with Gasteiger partial charge in [0, 0.05) is 17.0 Å². The van der Waals surface area contributed by atoms with Gasteiger partial charge in [0.1, 0.15) is 17.4 Å². The minimum Gasteiger partial charge on any atom is -0.486 e. The zero-order valence-corrected chi connectivity index (χ0v) is 11.8. The number of thiazole rings is 1. The third-order valence-corrected chi connectivity index (χ3v) is 3.97. The van der Waals surface area contributed by atoms with Crippen LogP contribution in [0.4, 0.5) is 0 Å². The van der Waals surface area contributed by atoms with E-state index in [1.54, 1.807) is 11.3 Å². The molecule has 1 aromatic carbocycles. The average Bonchev–Trinajstić information content (AvgIpc) is 2.67. The van der Waals surface area contributed by atoms with Gasteiger partial charge in [-0.15, -0.1) is 11.3 Å². The van der Waals surface area contributed by atoms with E-state index < -0.39 is 0 Å². The van der Waals surface area contributed by atoms with Crippen molar-refractivity contribution in [2.24, 2.45) is 5.73 Å². The molecule has 0 spiro atoms. The molecule has 0 atom stereocenters. The Hall–Kier alpha value is -1.39. The summed E-state index contributed by atoms with van der Waals surface area (Å²) >= 11 is 1.69. The van der Waals surface area contributed by atoms with E-state index >= 15 is 0 Å². The van der Waals surface area contributed by atoms with Gasteiger partial charge in [-0.2, -0.15) is 0 Å². The quantitative estimate of drug-likeness (QED) is 0.921. The van der Waals surface area contributed by atoms with Crippen LogP contribution in [0.2, 0.25) is 0 Å². The molecule has 2 N–H and O–H groups in total. The minimum absolute atomic E-state index is 0.493. The zero-order chi connectivity index (χ0) is 13.1. The number of hydrogen-bond acceptors (Lipinski definition) is 4. The van der Waals surface area contributed by atoms with Crippen molar-refractivity contribution in [2.75, 3.05) is 0 Å². The molecule has 0 radical (unpaired) electrons. The average molecular weight is 262 g/mol. The Morgan fingerprint density at radius 1 is 1.28 bits per heavy atom. The maximum atomic E-state index is 5.88. The Morgan fingerprint density at radius 2 is 2.06 bits per heavy atom. The first-order valence-corrected chi connectivity index (χ1v) is 6.77. The van der Waals surface area contributed by atoms with E-state index in [2.05, 4.69) is 11.9 Å². The van der Waals surface area contributed by atoms with Crippen LogP contribution >= 0.6 is 11.3 Å². The Balaban J connectivity index is 2.15. The van der Waals surface area contributed by atoms with Crippen LogP contribution in [0.5, 0.6) is 5.75 Å². The fourth-order valence-corrected chi connectivity index (χ4v) is 2.66. The SMILES string of the molecule is Cc1cccc(CN)c1OCc1nc(C)c(C)s1. The molecule has 2 rings (SSSR count). The highest BCUT2D eigenvalue weighted by atomic mass is 32.1. The summed E-state index contributed by atoms with van der Waals surface area (Å²) in [5, 5.41) is 1.01. The molecule has 4 heteroatoms. The first-order chi connectivity index (χ1) is 8.61. The molecule has 0 unspecified atom stereocenters. The van der Waals surface area contributed by atoms with Crippen LogP contribution in [0.15, 0.2) is 18.2 Å². The van der Waals surface area contributed by atoms with Crippen LogP contribution in [0.3, 0.4) is 0 Å². The van der Waals surface area contributed by atoms with E-state index in [0.29, 0.717) is 13.2 Å². The van der Waals surface area contributed by atoms with Crippen molar-refractivity contribution in [2.45, 2.75) is 33.9 Å². The molecule has 1 aromatic heterocycles. The van der Waals surface area contributed by atoms with Gasteiger partial charge in [0.15, 0.2) is 0 Å². The molecule has 2 aromatic rings. The van der Waals surface area contributed by atoms with Crippen LogP contribution in [-0.4, -0.2) is 4.98 Å². The maximum absolute atomic E-state index is 5.88. The Kier molecular flexibility index (Phi) is 3.99. The van der Waals surface area contributed by atoms with Gasteiger partial charge in [0.2, 0.25) is 0 Å². The van der Waals surface area contributed by atoms with Gasteiger partial charge in [-0.05, 0) is 26.3 Å². The lowest BCUT2D eigenvalue weighted by Crippen LogP contribution is -2.04. The van der Waals surface area contributed by atoms with E-state index in [0.717, 1.165) is 27.6 Å². The lowest BCUT2D eigenvalue weighted by atomic mass is 10.1. The number of benzene rings is 1. The third kappa shape index (κ3) is 2.71. The van der Waals surface area contributed by atoms with E-state index in [-0.39, 0.29) is 0 Å². The molecule has 0 bridgehead atoms. The van der Waals surface area contributed by atoms with Crippen LogP contribution in [-0.2, 0) is 13.2 Å². The van der Waals surface area contributed by atoms with Gasteiger partial charge in [0.25, 0.3) is 0 Å². The summed E-state index contributed by atoms with van der Waals surface area (Å²) in [7, 11) is 0. The molecule has 1 heterocycles. The van der Waals surface area contributed by atoms with Gasteiger partial charge in [-0.1, -0.05) is 18.2 Å². The summed E-state index contributed by atoms with van der Waals surface area (Å²) in [6.07, 6.45) is 0. The highest BCUT2D eigenvalue weighted by molar-refractivity contribution is 7.11.